The second-order valence-electron chi connectivity index (χ2n) is 2.29. The third-order valence-corrected chi connectivity index (χ3v) is 1.15. The summed E-state index contributed by atoms with van der Waals surface area (Å²) < 4.78 is 73.9. The fourth-order valence-electron chi connectivity index (χ4n) is 0.669. The van der Waals surface area contributed by atoms with Gasteiger partial charge in [-0.15, -0.1) is 13.2 Å². The van der Waals surface area contributed by atoms with Crippen LogP contribution in [0, 0.1) is 0 Å². The third kappa shape index (κ3) is 3.60. The highest BCUT2D eigenvalue weighted by atomic mass is 19.4. The molecule has 1 aromatic rings. The van der Waals surface area contributed by atoms with Crippen molar-refractivity contribution in [2.75, 3.05) is 0 Å². The molecule has 0 aliphatic carbocycles. The lowest BCUT2D eigenvalue weighted by molar-refractivity contribution is -0.276. The molecule has 0 saturated carbocycles. The van der Waals surface area contributed by atoms with Crippen LogP contribution in [0.4, 0.5) is 26.3 Å². The van der Waals surface area contributed by atoms with Crippen LogP contribution in [0.15, 0.2) is 12.4 Å². The number of ether oxygens (including phenoxy) is 1. The van der Waals surface area contributed by atoms with Crippen molar-refractivity contribution in [2.24, 2.45) is 0 Å². The molecule has 3 nitrogen and oxygen atoms in total. The van der Waals surface area contributed by atoms with Crippen LogP contribution in [0.1, 0.15) is 5.69 Å². The zero-order chi connectivity index (χ0) is 11.7. The van der Waals surface area contributed by atoms with Crippen molar-refractivity contribution >= 4 is 0 Å². The van der Waals surface area contributed by atoms with Gasteiger partial charge in [-0.3, -0.25) is 0 Å². The molecule has 0 aliphatic heterocycles. The van der Waals surface area contributed by atoms with Crippen molar-refractivity contribution in [3.05, 3.63) is 18.1 Å². The molecule has 0 unspecified atom stereocenters. The zero-order valence-electron chi connectivity index (χ0n) is 6.73. The molecule has 15 heavy (non-hydrogen) atoms. The molecule has 0 amide bonds. The lowest BCUT2D eigenvalue weighted by atomic mass is 10.4. The first-order valence-corrected chi connectivity index (χ1v) is 3.33. The first kappa shape index (κ1) is 11.5. The lowest BCUT2D eigenvalue weighted by Gasteiger charge is -2.09. The van der Waals surface area contributed by atoms with Gasteiger partial charge in [-0.25, -0.2) is 9.97 Å². The van der Waals surface area contributed by atoms with Crippen molar-refractivity contribution in [3.8, 4) is 5.88 Å². The maximum absolute atomic E-state index is 12.0. The van der Waals surface area contributed by atoms with Crippen LogP contribution in [-0.4, -0.2) is 16.3 Å². The van der Waals surface area contributed by atoms with Gasteiger partial charge in [0.1, 0.15) is 6.33 Å². The summed E-state index contributed by atoms with van der Waals surface area (Å²) in [6, 6.07) is 0.0630. The molecule has 0 aromatic carbocycles. The van der Waals surface area contributed by atoms with Gasteiger partial charge in [0.05, 0.1) is 0 Å². The van der Waals surface area contributed by atoms with Crippen molar-refractivity contribution in [3.63, 3.8) is 0 Å². The first-order valence-electron chi connectivity index (χ1n) is 3.33. The predicted molar refractivity (Wildman–Crippen MR) is 33.7 cm³/mol. The van der Waals surface area contributed by atoms with Crippen LogP contribution < -0.4 is 4.74 Å². The fraction of sp³-hybridized carbons (Fsp3) is 0.333. The number of rotatable bonds is 1. The topological polar surface area (TPSA) is 35.0 Å². The molecule has 9 heteroatoms. The molecule has 0 N–H and O–H groups in total. The molecule has 0 atom stereocenters. The Hall–Kier alpha value is -1.54. The quantitative estimate of drug-likeness (QED) is 0.697. The van der Waals surface area contributed by atoms with Crippen LogP contribution in [0.25, 0.3) is 0 Å². The van der Waals surface area contributed by atoms with Gasteiger partial charge in [0.2, 0.25) is 5.88 Å². The molecule has 0 bridgehead atoms. The van der Waals surface area contributed by atoms with Gasteiger partial charge in [-0.2, -0.15) is 13.2 Å². The van der Waals surface area contributed by atoms with Crippen LogP contribution >= 0.6 is 0 Å². The van der Waals surface area contributed by atoms with Crippen LogP contribution in [0.5, 0.6) is 5.88 Å². The molecule has 0 aliphatic rings. The number of nitrogens with zero attached hydrogens (tertiary/aromatic N) is 2. The van der Waals surface area contributed by atoms with E-state index in [1.165, 1.54) is 0 Å². The Kier molecular flexibility index (Phi) is 2.73. The fourth-order valence-corrected chi connectivity index (χ4v) is 0.669. The van der Waals surface area contributed by atoms with E-state index in [0.29, 0.717) is 6.33 Å². The number of alkyl halides is 6. The summed E-state index contributed by atoms with van der Waals surface area (Å²) in [6.07, 6.45) is -9.59. The summed E-state index contributed by atoms with van der Waals surface area (Å²) in [6.45, 7) is 0. The van der Waals surface area contributed by atoms with Gasteiger partial charge in [0.25, 0.3) is 0 Å². The molecule has 0 saturated heterocycles. The average Bonchev–Trinajstić information content (AvgIpc) is 1.99. The summed E-state index contributed by atoms with van der Waals surface area (Å²) in [7, 11) is 0. The van der Waals surface area contributed by atoms with Crippen LogP contribution in [0.2, 0.25) is 0 Å². The van der Waals surface area contributed by atoms with Crippen molar-refractivity contribution < 1.29 is 31.1 Å². The maximum atomic E-state index is 12.0. The van der Waals surface area contributed by atoms with E-state index in [-0.39, 0.29) is 6.07 Å². The molecule has 1 heterocycles. The first-order chi connectivity index (χ1) is 6.68. The lowest BCUT2D eigenvalue weighted by Crippen LogP contribution is -2.19. The summed E-state index contributed by atoms with van der Waals surface area (Å²) in [5.74, 6) is -1.20. The van der Waals surface area contributed by atoms with Gasteiger partial charge in [-0.05, 0) is 0 Å². The molecule has 1 aromatic heterocycles. The Morgan fingerprint density at radius 2 is 1.60 bits per heavy atom. The van der Waals surface area contributed by atoms with E-state index in [4.69, 9.17) is 0 Å². The Labute approximate surface area is 78.7 Å². The van der Waals surface area contributed by atoms with Crippen molar-refractivity contribution in [1.82, 2.24) is 9.97 Å². The SMILES string of the molecule is FC(F)(F)Oc1cc(C(F)(F)F)ncn1. The smallest absolute Gasteiger partial charge is 0.388 e. The summed E-state index contributed by atoms with van der Waals surface area (Å²) in [5.41, 5.74) is -1.50. The van der Waals surface area contributed by atoms with E-state index in [1.54, 1.807) is 0 Å². The minimum atomic E-state index is -5.09. The third-order valence-electron chi connectivity index (χ3n) is 1.15. The Balaban J connectivity index is 2.94. The number of aromatic nitrogens is 2. The van der Waals surface area contributed by atoms with E-state index in [9.17, 15) is 26.3 Å². The van der Waals surface area contributed by atoms with E-state index in [2.05, 4.69) is 14.7 Å². The Morgan fingerprint density at radius 1 is 1.00 bits per heavy atom. The average molecular weight is 232 g/mol. The monoisotopic (exact) mass is 232 g/mol. The largest absolute Gasteiger partial charge is 0.574 e. The second-order valence-corrected chi connectivity index (χ2v) is 2.29. The predicted octanol–water partition coefficient (Wildman–Crippen LogP) is 2.39. The van der Waals surface area contributed by atoms with Gasteiger partial charge < -0.3 is 4.74 Å². The normalized spacial score (nSPS) is 12.7. The molecule has 0 spiro atoms. The molecular formula is C6H2F6N2O. The summed E-state index contributed by atoms with van der Waals surface area (Å²) in [5, 5.41) is 0. The van der Waals surface area contributed by atoms with Gasteiger partial charge in [-0.1, -0.05) is 0 Å². The van der Waals surface area contributed by atoms with Crippen LogP contribution in [-0.2, 0) is 6.18 Å². The number of hydrogen-bond acceptors (Lipinski definition) is 3. The molecule has 0 radical (unpaired) electrons. The van der Waals surface area contributed by atoms with Crippen molar-refractivity contribution in [2.45, 2.75) is 12.5 Å². The minimum Gasteiger partial charge on any atom is -0.388 e. The van der Waals surface area contributed by atoms with Gasteiger partial charge in [0.15, 0.2) is 5.69 Å². The minimum absolute atomic E-state index is 0.0630. The number of hydrogen-bond donors (Lipinski definition) is 0. The summed E-state index contributed by atoms with van der Waals surface area (Å²) >= 11 is 0. The Bertz CT molecular complexity index is 346. The van der Waals surface area contributed by atoms with E-state index in [1.807, 2.05) is 0 Å². The molecule has 1 rings (SSSR count). The van der Waals surface area contributed by atoms with E-state index < -0.39 is 24.1 Å². The van der Waals surface area contributed by atoms with Gasteiger partial charge >= 0.3 is 12.5 Å². The second kappa shape index (κ2) is 3.55. The van der Waals surface area contributed by atoms with Crippen LogP contribution in [0.3, 0.4) is 0 Å². The van der Waals surface area contributed by atoms with E-state index >= 15 is 0 Å². The molecule has 84 valence electrons. The zero-order valence-corrected chi connectivity index (χ0v) is 6.73. The number of halogens is 6. The summed E-state index contributed by atoms with van der Waals surface area (Å²) in [4.78, 5) is 5.64. The standard InChI is InChI=1S/C6H2F6N2O/c7-5(8,9)3-1-4(14-2-13-3)15-6(10,11)12/h1-2H. The van der Waals surface area contributed by atoms with Gasteiger partial charge in [0, 0.05) is 6.07 Å². The van der Waals surface area contributed by atoms with E-state index in [0.717, 1.165) is 0 Å². The highest BCUT2D eigenvalue weighted by Crippen LogP contribution is 2.29. The highest BCUT2D eigenvalue weighted by Gasteiger charge is 2.36. The Morgan fingerprint density at radius 3 is 2.07 bits per heavy atom. The highest BCUT2D eigenvalue weighted by molar-refractivity contribution is 5.15. The molecule has 0 fully saturated rings. The van der Waals surface area contributed by atoms with Crippen molar-refractivity contribution in [1.29, 1.82) is 0 Å². The maximum Gasteiger partial charge on any atom is 0.574 e. The molecular weight excluding hydrogens is 230 g/mol.